The van der Waals surface area contributed by atoms with Crippen molar-refractivity contribution in [2.45, 2.75) is 405 Å². The number of unbranched alkanes of at least 4 members (excludes halogenated alkanes) is 53. The van der Waals surface area contributed by atoms with Crippen molar-refractivity contribution in [3.63, 3.8) is 0 Å². The van der Waals surface area contributed by atoms with Crippen molar-refractivity contribution in [1.29, 1.82) is 0 Å². The van der Waals surface area contributed by atoms with Crippen LogP contribution in [0, 0.1) is 0 Å². The van der Waals surface area contributed by atoms with E-state index in [9.17, 15) is 19.8 Å². The fraction of sp³-hybridized carbons (Fsp3) is 0.915. The Morgan fingerprint density at radius 3 is 0.922 bits per heavy atom. The van der Waals surface area contributed by atoms with Gasteiger partial charge < -0.3 is 20.3 Å². The zero-order valence-electron chi connectivity index (χ0n) is 52.2. The first-order chi connectivity index (χ1) is 38.0. The molecule has 77 heavy (non-hydrogen) atoms. The van der Waals surface area contributed by atoms with Crippen LogP contribution in [0.3, 0.4) is 0 Å². The molecular formula is C71H137NO5. The minimum atomic E-state index is -0.844. The second-order valence-electron chi connectivity index (χ2n) is 24.2. The van der Waals surface area contributed by atoms with Crippen LogP contribution in [0.1, 0.15) is 393 Å². The molecule has 2 atom stereocenters. The summed E-state index contributed by atoms with van der Waals surface area (Å²) in [6.07, 6.45) is 84.0. The molecule has 2 unspecified atom stereocenters. The molecular weight excluding hydrogens is 947 g/mol. The van der Waals surface area contributed by atoms with Gasteiger partial charge in [-0.2, -0.15) is 0 Å². The van der Waals surface area contributed by atoms with Gasteiger partial charge in [-0.3, -0.25) is 9.59 Å². The van der Waals surface area contributed by atoms with E-state index in [-0.39, 0.29) is 18.5 Å². The summed E-state index contributed by atoms with van der Waals surface area (Å²) in [6.45, 7) is 4.94. The highest BCUT2D eigenvalue weighted by Crippen LogP contribution is 2.18. The van der Waals surface area contributed by atoms with Crippen LogP contribution in [0.2, 0.25) is 0 Å². The predicted octanol–water partition coefficient (Wildman–Crippen LogP) is 22.5. The Hall–Kier alpha value is -1.66. The number of ether oxygens (including phenoxy) is 1. The SMILES string of the molecule is CCCCCCCCCCCCCCCCCCC/C=C/C(O)C(CO)NC(=O)CCCCCCCCCCCCCCC/C=C\CCCCCCCCCCCCCCOC(=O)CCCCCCCCCCCCCC. The number of esters is 1. The molecule has 0 saturated carbocycles. The van der Waals surface area contributed by atoms with E-state index in [0.717, 1.165) is 38.5 Å². The van der Waals surface area contributed by atoms with E-state index in [1.54, 1.807) is 6.08 Å². The average Bonchev–Trinajstić information content (AvgIpc) is 3.43. The van der Waals surface area contributed by atoms with E-state index < -0.39 is 12.1 Å². The van der Waals surface area contributed by atoms with Gasteiger partial charge in [-0.25, -0.2) is 0 Å². The summed E-state index contributed by atoms with van der Waals surface area (Å²) in [5.41, 5.74) is 0. The highest BCUT2D eigenvalue weighted by atomic mass is 16.5. The molecule has 6 heteroatoms. The topological polar surface area (TPSA) is 95.9 Å². The van der Waals surface area contributed by atoms with Crippen LogP contribution in [-0.4, -0.2) is 47.4 Å². The summed E-state index contributed by atoms with van der Waals surface area (Å²) >= 11 is 0. The molecule has 6 nitrogen and oxygen atoms in total. The lowest BCUT2D eigenvalue weighted by molar-refractivity contribution is -0.143. The molecule has 0 fully saturated rings. The van der Waals surface area contributed by atoms with Gasteiger partial charge in [0.05, 0.1) is 25.4 Å². The largest absolute Gasteiger partial charge is 0.466 e. The van der Waals surface area contributed by atoms with E-state index in [1.807, 2.05) is 6.08 Å². The van der Waals surface area contributed by atoms with Gasteiger partial charge in [0, 0.05) is 12.8 Å². The number of aliphatic hydroxyl groups excluding tert-OH is 2. The molecule has 456 valence electrons. The Bertz CT molecular complexity index is 1200. The molecule has 0 saturated heterocycles. The summed E-state index contributed by atoms with van der Waals surface area (Å²) in [4.78, 5) is 24.5. The molecule has 3 N–H and O–H groups in total. The third-order valence-electron chi connectivity index (χ3n) is 16.5. The van der Waals surface area contributed by atoms with Crippen LogP contribution in [0.5, 0.6) is 0 Å². The van der Waals surface area contributed by atoms with Gasteiger partial charge in [0.2, 0.25) is 5.91 Å². The molecule has 0 aromatic heterocycles. The molecule has 0 aromatic carbocycles. The Morgan fingerprint density at radius 1 is 0.351 bits per heavy atom. The zero-order chi connectivity index (χ0) is 55.7. The van der Waals surface area contributed by atoms with E-state index in [1.165, 1.54) is 327 Å². The lowest BCUT2D eigenvalue weighted by Crippen LogP contribution is -2.45. The second-order valence-corrected chi connectivity index (χ2v) is 24.2. The summed E-state index contributed by atoms with van der Waals surface area (Å²) in [6, 6.07) is -0.627. The predicted molar refractivity (Wildman–Crippen MR) is 338 cm³/mol. The molecule has 1 amide bonds. The van der Waals surface area contributed by atoms with Crippen molar-refractivity contribution in [1.82, 2.24) is 5.32 Å². The third-order valence-corrected chi connectivity index (χ3v) is 16.5. The van der Waals surface area contributed by atoms with E-state index in [0.29, 0.717) is 19.4 Å². The minimum Gasteiger partial charge on any atom is -0.466 e. The van der Waals surface area contributed by atoms with Gasteiger partial charge >= 0.3 is 5.97 Å². The van der Waals surface area contributed by atoms with Crippen LogP contribution in [0.4, 0.5) is 0 Å². The number of hydrogen-bond donors (Lipinski definition) is 3. The lowest BCUT2D eigenvalue weighted by atomic mass is 10.0. The second kappa shape index (κ2) is 66.8. The van der Waals surface area contributed by atoms with Gasteiger partial charge in [-0.15, -0.1) is 0 Å². The smallest absolute Gasteiger partial charge is 0.305 e. The first-order valence-electron chi connectivity index (χ1n) is 35.1. The number of carbonyl (C=O) groups is 2. The van der Waals surface area contributed by atoms with Crippen LogP contribution < -0.4 is 5.32 Å². The zero-order valence-corrected chi connectivity index (χ0v) is 52.2. The Morgan fingerprint density at radius 2 is 0.610 bits per heavy atom. The molecule has 0 aliphatic rings. The normalized spacial score (nSPS) is 12.6. The third kappa shape index (κ3) is 63.4. The first-order valence-corrected chi connectivity index (χ1v) is 35.1. The number of hydrogen-bond acceptors (Lipinski definition) is 5. The molecule has 0 radical (unpaired) electrons. The molecule has 0 rings (SSSR count). The maximum atomic E-state index is 12.5. The van der Waals surface area contributed by atoms with Crippen molar-refractivity contribution < 1.29 is 24.5 Å². The van der Waals surface area contributed by atoms with Crippen LogP contribution in [0.15, 0.2) is 24.3 Å². The van der Waals surface area contributed by atoms with Crippen molar-refractivity contribution in [2.24, 2.45) is 0 Å². The number of amides is 1. The van der Waals surface area contributed by atoms with Crippen molar-refractivity contribution in [3.8, 4) is 0 Å². The summed E-state index contributed by atoms with van der Waals surface area (Å²) in [7, 11) is 0. The Kier molecular flexibility index (Phi) is 65.4. The first kappa shape index (κ1) is 75.3. The number of carbonyl (C=O) groups excluding carboxylic acids is 2. The molecule has 0 heterocycles. The monoisotopic (exact) mass is 1080 g/mol. The minimum absolute atomic E-state index is 0.0175. The molecule has 0 aliphatic heterocycles. The van der Waals surface area contributed by atoms with Crippen LogP contribution in [0.25, 0.3) is 0 Å². The van der Waals surface area contributed by atoms with Gasteiger partial charge in [0.1, 0.15) is 0 Å². The molecule has 0 aliphatic carbocycles. The van der Waals surface area contributed by atoms with Crippen LogP contribution >= 0.6 is 0 Å². The highest BCUT2D eigenvalue weighted by Gasteiger charge is 2.18. The van der Waals surface area contributed by atoms with Crippen LogP contribution in [-0.2, 0) is 14.3 Å². The van der Waals surface area contributed by atoms with E-state index >= 15 is 0 Å². The van der Waals surface area contributed by atoms with Gasteiger partial charge in [-0.1, -0.05) is 346 Å². The van der Waals surface area contributed by atoms with Gasteiger partial charge in [-0.05, 0) is 57.8 Å². The molecule has 0 bridgehead atoms. The van der Waals surface area contributed by atoms with E-state index in [4.69, 9.17) is 4.74 Å². The van der Waals surface area contributed by atoms with Crippen molar-refractivity contribution in [2.75, 3.05) is 13.2 Å². The fourth-order valence-corrected chi connectivity index (χ4v) is 11.1. The molecule has 0 aromatic rings. The summed E-state index contributed by atoms with van der Waals surface area (Å²) in [5.74, 6) is -0.0460. The van der Waals surface area contributed by atoms with Crippen molar-refractivity contribution >= 4 is 11.9 Å². The van der Waals surface area contributed by atoms with E-state index in [2.05, 4.69) is 31.3 Å². The number of allylic oxidation sites excluding steroid dienone is 3. The highest BCUT2D eigenvalue weighted by molar-refractivity contribution is 5.76. The maximum absolute atomic E-state index is 12.5. The van der Waals surface area contributed by atoms with Gasteiger partial charge in [0.15, 0.2) is 0 Å². The summed E-state index contributed by atoms with van der Waals surface area (Å²) in [5, 5.41) is 23.2. The number of aliphatic hydroxyl groups is 2. The van der Waals surface area contributed by atoms with Crippen molar-refractivity contribution in [3.05, 3.63) is 24.3 Å². The number of rotatable bonds is 66. The fourth-order valence-electron chi connectivity index (χ4n) is 11.1. The maximum Gasteiger partial charge on any atom is 0.305 e. The number of nitrogens with one attached hydrogen (secondary N) is 1. The standard InChI is InChI=1S/C71H137NO5/c1-3-5-7-9-11-13-15-17-18-19-31-34-37-40-43-47-51-55-59-63-69(74)68(67-73)72-70(75)64-60-56-52-48-44-41-38-35-32-29-27-25-23-21-20-22-24-26-28-30-33-36-39-42-46-50-54-58-62-66-77-71(76)65-61-57-53-49-45-16-14-12-10-8-6-4-2/h20,22,59,63,68-69,73-74H,3-19,21,23-58,60-62,64-67H2,1-2H3,(H,72,75)/b22-20-,63-59+. The molecule has 0 spiro atoms. The Balaban J connectivity index is 3.39. The quantitative estimate of drug-likeness (QED) is 0.0320. The Labute approximate surface area is 481 Å². The average molecular weight is 1080 g/mol. The lowest BCUT2D eigenvalue weighted by Gasteiger charge is -2.20. The van der Waals surface area contributed by atoms with Gasteiger partial charge in [0.25, 0.3) is 0 Å². The summed E-state index contributed by atoms with van der Waals surface area (Å²) < 4.78 is 5.48.